The Balaban J connectivity index is 1.89. The lowest BCUT2D eigenvalue weighted by Crippen LogP contribution is -2.20. The molecule has 9 heteroatoms. The number of carboxylic acid groups (broad SMARTS) is 1. The number of carbonyl (C=O) groups is 1. The number of halogens is 2. The first-order valence-electron chi connectivity index (χ1n) is 8.77. The molecule has 3 rings (SSSR count). The molecular formula is C21H18Cl2N2O4S. The topological polar surface area (TPSA) is 86.7 Å². The highest BCUT2D eigenvalue weighted by Crippen LogP contribution is 2.28. The van der Waals surface area contributed by atoms with E-state index in [0.717, 1.165) is 5.56 Å². The molecule has 0 saturated carbocycles. The van der Waals surface area contributed by atoms with Crippen molar-refractivity contribution in [1.82, 2.24) is 0 Å². The highest BCUT2D eigenvalue weighted by atomic mass is 35.5. The maximum atomic E-state index is 12.6. The Labute approximate surface area is 184 Å². The number of hydrogen-bond acceptors (Lipinski definition) is 4. The van der Waals surface area contributed by atoms with Gasteiger partial charge in [0.2, 0.25) is 0 Å². The molecule has 0 aliphatic heterocycles. The van der Waals surface area contributed by atoms with Crippen LogP contribution in [0.25, 0.3) is 0 Å². The quantitative estimate of drug-likeness (QED) is 0.505. The van der Waals surface area contributed by atoms with Gasteiger partial charge in [-0.25, -0.2) is 13.2 Å². The minimum atomic E-state index is -3.98. The van der Waals surface area contributed by atoms with Crippen LogP contribution in [0.5, 0.6) is 0 Å². The number of nitrogens with zero attached hydrogens (tertiary/aromatic N) is 1. The van der Waals surface area contributed by atoms with E-state index in [1.165, 1.54) is 30.3 Å². The third-order valence-corrected chi connectivity index (χ3v) is 6.47. The summed E-state index contributed by atoms with van der Waals surface area (Å²) in [4.78, 5) is 13.5. The van der Waals surface area contributed by atoms with Gasteiger partial charge in [-0.3, -0.25) is 4.72 Å². The summed E-state index contributed by atoms with van der Waals surface area (Å²) in [6.45, 7) is 0.496. The summed E-state index contributed by atoms with van der Waals surface area (Å²) in [6.07, 6.45) is 0. The summed E-state index contributed by atoms with van der Waals surface area (Å²) >= 11 is 11.7. The molecule has 0 unspecified atom stereocenters. The monoisotopic (exact) mass is 464 g/mol. The standard InChI is InChI=1S/C21H18Cl2N2O4S/c1-25(13-14-5-3-2-4-6-14)20-10-7-15(11-17(20)21(26)27)24-30(28,29)16-8-9-18(22)19(23)12-16/h2-12,24H,13H2,1H3,(H,26,27). The molecule has 3 aromatic carbocycles. The van der Waals surface area contributed by atoms with E-state index in [0.29, 0.717) is 12.2 Å². The zero-order valence-electron chi connectivity index (χ0n) is 15.8. The molecule has 2 N–H and O–H groups in total. The second-order valence-corrected chi connectivity index (χ2v) is 9.06. The van der Waals surface area contributed by atoms with Crippen molar-refractivity contribution >= 4 is 50.6 Å². The van der Waals surface area contributed by atoms with E-state index in [2.05, 4.69) is 4.72 Å². The Morgan fingerprint density at radius 3 is 2.33 bits per heavy atom. The molecule has 0 radical (unpaired) electrons. The molecule has 0 aliphatic carbocycles. The molecular weight excluding hydrogens is 447 g/mol. The van der Waals surface area contributed by atoms with E-state index >= 15 is 0 Å². The Morgan fingerprint density at radius 2 is 1.70 bits per heavy atom. The normalized spacial score (nSPS) is 11.2. The first-order chi connectivity index (χ1) is 14.2. The van der Waals surface area contributed by atoms with E-state index in [1.54, 1.807) is 18.0 Å². The van der Waals surface area contributed by atoms with Crippen molar-refractivity contribution in [3.63, 3.8) is 0 Å². The van der Waals surface area contributed by atoms with Gasteiger partial charge in [-0.15, -0.1) is 0 Å². The second kappa shape index (κ2) is 8.95. The van der Waals surface area contributed by atoms with Crippen LogP contribution in [0.15, 0.2) is 71.6 Å². The fourth-order valence-electron chi connectivity index (χ4n) is 2.90. The van der Waals surface area contributed by atoms with Crippen LogP contribution in [0.3, 0.4) is 0 Å². The highest BCUT2D eigenvalue weighted by Gasteiger charge is 2.19. The predicted molar refractivity (Wildman–Crippen MR) is 119 cm³/mol. The minimum Gasteiger partial charge on any atom is -0.478 e. The van der Waals surface area contributed by atoms with Crippen molar-refractivity contribution < 1.29 is 18.3 Å². The number of aromatic carboxylic acids is 1. The number of rotatable bonds is 7. The summed E-state index contributed by atoms with van der Waals surface area (Å²) in [5.74, 6) is -1.17. The Morgan fingerprint density at radius 1 is 1.00 bits per heavy atom. The number of sulfonamides is 1. The van der Waals surface area contributed by atoms with Gasteiger partial charge in [-0.2, -0.15) is 0 Å². The molecule has 0 aromatic heterocycles. The van der Waals surface area contributed by atoms with Gasteiger partial charge in [0, 0.05) is 19.3 Å². The van der Waals surface area contributed by atoms with Gasteiger partial charge in [0.15, 0.2) is 0 Å². The molecule has 156 valence electrons. The van der Waals surface area contributed by atoms with E-state index in [-0.39, 0.29) is 26.2 Å². The van der Waals surface area contributed by atoms with Gasteiger partial charge in [-0.05, 0) is 42.0 Å². The van der Waals surface area contributed by atoms with Gasteiger partial charge < -0.3 is 10.0 Å². The number of hydrogen-bond donors (Lipinski definition) is 2. The molecule has 0 aliphatic rings. The molecule has 3 aromatic rings. The molecule has 0 atom stereocenters. The molecule has 0 spiro atoms. The second-order valence-electron chi connectivity index (χ2n) is 6.56. The Kier molecular flexibility index (Phi) is 6.55. The zero-order valence-corrected chi connectivity index (χ0v) is 18.2. The first-order valence-corrected chi connectivity index (χ1v) is 11.0. The van der Waals surface area contributed by atoms with Crippen LogP contribution in [0, 0.1) is 0 Å². The van der Waals surface area contributed by atoms with Crippen LogP contribution < -0.4 is 9.62 Å². The van der Waals surface area contributed by atoms with E-state index in [4.69, 9.17) is 23.2 Å². The fraction of sp³-hybridized carbons (Fsp3) is 0.0952. The highest BCUT2D eigenvalue weighted by molar-refractivity contribution is 7.92. The third kappa shape index (κ3) is 5.05. The summed E-state index contributed by atoms with van der Waals surface area (Å²) in [5.41, 5.74) is 1.57. The molecule has 0 amide bonds. The van der Waals surface area contributed by atoms with Crippen LogP contribution >= 0.6 is 23.2 Å². The summed E-state index contributed by atoms with van der Waals surface area (Å²) < 4.78 is 27.7. The SMILES string of the molecule is CN(Cc1ccccc1)c1ccc(NS(=O)(=O)c2ccc(Cl)c(Cl)c2)cc1C(=O)O. The van der Waals surface area contributed by atoms with Gasteiger partial charge in [0.1, 0.15) is 0 Å². The summed E-state index contributed by atoms with van der Waals surface area (Å²) in [7, 11) is -2.20. The van der Waals surface area contributed by atoms with E-state index in [9.17, 15) is 18.3 Å². The van der Waals surface area contributed by atoms with Crippen molar-refractivity contribution in [1.29, 1.82) is 0 Å². The molecule has 0 saturated heterocycles. The van der Waals surface area contributed by atoms with E-state index < -0.39 is 16.0 Å². The van der Waals surface area contributed by atoms with Gasteiger partial charge in [0.05, 0.1) is 26.2 Å². The molecule has 0 heterocycles. The Bertz CT molecular complexity index is 1180. The van der Waals surface area contributed by atoms with Crippen molar-refractivity contribution in [3.05, 3.63) is 87.9 Å². The van der Waals surface area contributed by atoms with Crippen LogP contribution in [-0.4, -0.2) is 26.5 Å². The lowest BCUT2D eigenvalue weighted by atomic mass is 10.1. The van der Waals surface area contributed by atoms with Gasteiger partial charge in [0.25, 0.3) is 10.0 Å². The van der Waals surface area contributed by atoms with Crippen LogP contribution in [0.2, 0.25) is 10.0 Å². The number of nitrogens with one attached hydrogen (secondary N) is 1. The lowest BCUT2D eigenvalue weighted by Gasteiger charge is -2.22. The third-order valence-electron chi connectivity index (χ3n) is 4.35. The van der Waals surface area contributed by atoms with Gasteiger partial charge >= 0.3 is 5.97 Å². The zero-order chi connectivity index (χ0) is 21.9. The maximum absolute atomic E-state index is 12.6. The van der Waals surface area contributed by atoms with Crippen molar-refractivity contribution in [2.75, 3.05) is 16.7 Å². The predicted octanol–water partition coefficient (Wildman–Crippen LogP) is 5.13. The smallest absolute Gasteiger partial charge is 0.337 e. The molecule has 0 bridgehead atoms. The van der Waals surface area contributed by atoms with Crippen molar-refractivity contribution in [3.8, 4) is 0 Å². The maximum Gasteiger partial charge on any atom is 0.337 e. The fourth-order valence-corrected chi connectivity index (χ4v) is 4.34. The number of anilines is 2. The van der Waals surface area contributed by atoms with Crippen molar-refractivity contribution in [2.24, 2.45) is 0 Å². The van der Waals surface area contributed by atoms with Crippen molar-refractivity contribution in [2.45, 2.75) is 11.4 Å². The summed E-state index contributed by atoms with van der Waals surface area (Å²) in [5, 5.41) is 9.98. The number of benzene rings is 3. The van der Waals surface area contributed by atoms with Crippen LogP contribution in [0.1, 0.15) is 15.9 Å². The first kappa shape index (κ1) is 22.0. The lowest BCUT2D eigenvalue weighted by molar-refractivity contribution is 0.0697. The van der Waals surface area contributed by atoms with Gasteiger partial charge in [-0.1, -0.05) is 53.5 Å². The molecule has 6 nitrogen and oxygen atoms in total. The average molecular weight is 465 g/mol. The average Bonchev–Trinajstić information content (AvgIpc) is 2.70. The minimum absolute atomic E-state index is 0.0252. The van der Waals surface area contributed by atoms with Crippen LogP contribution in [-0.2, 0) is 16.6 Å². The Hall–Kier alpha value is -2.74. The molecule has 30 heavy (non-hydrogen) atoms. The molecule has 0 fully saturated rings. The van der Waals surface area contributed by atoms with E-state index in [1.807, 2.05) is 30.3 Å². The largest absolute Gasteiger partial charge is 0.478 e. The van der Waals surface area contributed by atoms with Crippen LogP contribution in [0.4, 0.5) is 11.4 Å². The number of carboxylic acids is 1. The summed E-state index contributed by atoms with van der Waals surface area (Å²) in [6, 6.07) is 17.9.